The van der Waals surface area contributed by atoms with Gasteiger partial charge in [-0.05, 0) is 23.9 Å². The zero-order chi connectivity index (χ0) is 13.7. The van der Waals surface area contributed by atoms with Gasteiger partial charge < -0.3 is 11.1 Å². The Balaban J connectivity index is 1.88. The standard InChI is InChI=1S/C15H18N2OS/c1-11(14-8-5-9-19-14)17-15(18)10-13(16)12-6-3-2-4-7-12/h2-9,11,13H,10,16H2,1H3,(H,17,18)/t11-,13-/m1/s1. The van der Waals surface area contributed by atoms with Crippen LogP contribution in [0.25, 0.3) is 0 Å². The minimum absolute atomic E-state index is 0.0164. The average molecular weight is 274 g/mol. The number of carbonyl (C=O) groups is 1. The summed E-state index contributed by atoms with van der Waals surface area (Å²) in [5.74, 6) is -0.0164. The third-order valence-corrected chi connectivity index (χ3v) is 4.04. The van der Waals surface area contributed by atoms with Crippen LogP contribution in [0.1, 0.15) is 35.9 Å². The predicted molar refractivity (Wildman–Crippen MR) is 78.9 cm³/mol. The van der Waals surface area contributed by atoms with Gasteiger partial charge in [-0.3, -0.25) is 4.79 Å². The van der Waals surface area contributed by atoms with E-state index in [0.717, 1.165) is 10.4 Å². The van der Waals surface area contributed by atoms with Crippen LogP contribution in [0.5, 0.6) is 0 Å². The third kappa shape index (κ3) is 3.91. The zero-order valence-electron chi connectivity index (χ0n) is 10.9. The van der Waals surface area contributed by atoms with Crippen LogP contribution in [-0.2, 0) is 4.79 Å². The van der Waals surface area contributed by atoms with Crippen LogP contribution in [0.15, 0.2) is 47.8 Å². The first-order valence-corrected chi connectivity index (χ1v) is 7.18. The maximum Gasteiger partial charge on any atom is 0.222 e. The predicted octanol–water partition coefficient (Wildman–Crippen LogP) is 3.02. The highest BCUT2D eigenvalue weighted by atomic mass is 32.1. The van der Waals surface area contributed by atoms with Gasteiger partial charge in [0.2, 0.25) is 5.91 Å². The van der Waals surface area contributed by atoms with Crippen molar-refractivity contribution in [2.45, 2.75) is 25.4 Å². The molecular formula is C15H18N2OS. The van der Waals surface area contributed by atoms with Gasteiger partial charge in [0.15, 0.2) is 0 Å². The van der Waals surface area contributed by atoms with Crippen LogP contribution in [-0.4, -0.2) is 5.91 Å². The summed E-state index contributed by atoms with van der Waals surface area (Å²) in [4.78, 5) is 13.1. The number of benzene rings is 1. The number of nitrogens with two attached hydrogens (primary N) is 1. The summed E-state index contributed by atoms with van der Waals surface area (Å²) in [6.07, 6.45) is 0.305. The van der Waals surface area contributed by atoms with Crippen molar-refractivity contribution in [1.29, 1.82) is 0 Å². The van der Waals surface area contributed by atoms with Crippen molar-refractivity contribution in [3.63, 3.8) is 0 Å². The number of nitrogens with one attached hydrogen (secondary N) is 1. The Labute approximate surface area is 117 Å². The van der Waals surface area contributed by atoms with Gasteiger partial charge in [-0.25, -0.2) is 0 Å². The zero-order valence-corrected chi connectivity index (χ0v) is 11.7. The molecule has 0 bridgehead atoms. The van der Waals surface area contributed by atoms with Gasteiger partial charge in [-0.1, -0.05) is 36.4 Å². The Morgan fingerprint density at radius 2 is 2.00 bits per heavy atom. The van der Waals surface area contributed by atoms with Crippen molar-refractivity contribution in [3.05, 3.63) is 58.3 Å². The van der Waals surface area contributed by atoms with E-state index in [9.17, 15) is 4.79 Å². The van der Waals surface area contributed by atoms with Gasteiger partial charge in [-0.15, -0.1) is 11.3 Å². The molecule has 1 heterocycles. The quantitative estimate of drug-likeness (QED) is 0.880. The van der Waals surface area contributed by atoms with Crippen LogP contribution >= 0.6 is 11.3 Å². The first-order valence-electron chi connectivity index (χ1n) is 6.30. The summed E-state index contributed by atoms with van der Waals surface area (Å²) in [5.41, 5.74) is 7.02. The third-order valence-electron chi connectivity index (χ3n) is 2.98. The summed E-state index contributed by atoms with van der Waals surface area (Å²) in [5, 5.41) is 4.98. The fourth-order valence-electron chi connectivity index (χ4n) is 1.93. The Morgan fingerprint density at radius 1 is 1.26 bits per heavy atom. The van der Waals surface area contributed by atoms with E-state index in [-0.39, 0.29) is 18.0 Å². The lowest BCUT2D eigenvalue weighted by Gasteiger charge is -2.15. The maximum absolute atomic E-state index is 11.9. The second kappa shape index (κ2) is 6.50. The van der Waals surface area contributed by atoms with E-state index in [1.165, 1.54) is 0 Å². The Hall–Kier alpha value is -1.65. The molecule has 4 heteroatoms. The summed E-state index contributed by atoms with van der Waals surface area (Å²) in [7, 11) is 0. The minimum Gasteiger partial charge on any atom is -0.349 e. The van der Waals surface area contributed by atoms with Crippen LogP contribution in [0.4, 0.5) is 0 Å². The Bertz CT molecular complexity index is 510. The van der Waals surface area contributed by atoms with E-state index in [0.29, 0.717) is 6.42 Å². The number of hydrogen-bond acceptors (Lipinski definition) is 3. The highest BCUT2D eigenvalue weighted by Gasteiger charge is 2.14. The van der Waals surface area contributed by atoms with Crippen LogP contribution in [0.2, 0.25) is 0 Å². The lowest BCUT2D eigenvalue weighted by atomic mass is 10.0. The molecule has 2 aromatic rings. The van der Waals surface area contributed by atoms with Gasteiger partial charge in [-0.2, -0.15) is 0 Å². The average Bonchev–Trinajstić information content (AvgIpc) is 2.93. The molecule has 0 spiro atoms. The van der Waals surface area contributed by atoms with Gasteiger partial charge in [0.25, 0.3) is 0 Å². The molecule has 3 nitrogen and oxygen atoms in total. The monoisotopic (exact) mass is 274 g/mol. The highest BCUT2D eigenvalue weighted by Crippen LogP contribution is 2.19. The number of rotatable bonds is 5. The lowest BCUT2D eigenvalue weighted by Crippen LogP contribution is -2.29. The Morgan fingerprint density at radius 3 is 2.63 bits per heavy atom. The van der Waals surface area contributed by atoms with Crippen LogP contribution < -0.4 is 11.1 Å². The smallest absolute Gasteiger partial charge is 0.222 e. The van der Waals surface area contributed by atoms with E-state index in [2.05, 4.69) is 5.32 Å². The topological polar surface area (TPSA) is 55.1 Å². The van der Waals surface area contributed by atoms with Gasteiger partial charge in [0, 0.05) is 17.3 Å². The molecule has 2 rings (SSSR count). The summed E-state index contributed by atoms with van der Waals surface area (Å²) < 4.78 is 0. The maximum atomic E-state index is 11.9. The van der Waals surface area contributed by atoms with Crippen LogP contribution in [0, 0.1) is 0 Å². The van der Waals surface area contributed by atoms with E-state index in [1.54, 1.807) is 11.3 Å². The highest BCUT2D eigenvalue weighted by molar-refractivity contribution is 7.10. The number of amides is 1. The van der Waals surface area contributed by atoms with Crippen molar-refractivity contribution >= 4 is 17.2 Å². The van der Waals surface area contributed by atoms with Crippen molar-refractivity contribution in [1.82, 2.24) is 5.32 Å². The molecule has 100 valence electrons. The molecule has 0 unspecified atom stereocenters. The molecule has 2 atom stereocenters. The molecule has 0 radical (unpaired) electrons. The van der Waals surface area contributed by atoms with Crippen molar-refractivity contribution in [2.24, 2.45) is 5.73 Å². The molecule has 0 aliphatic carbocycles. The SMILES string of the molecule is C[C@@H](NC(=O)C[C@@H](N)c1ccccc1)c1cccs1. The molecule has 0 saturated carbocycles. The molecule has 0 aliphatic heterocycles. The normalized spacial score (nSPS) is 13.8. The molecule has 3 N–H and O–H groups in total. The van der Waals surface area contributed by atoms with E-state index >= 15 is 0 Å². The van der Waals surface area contributed by atoms with Crippen molar-refractivity contribution in [2.75, 3.05) is 0 Å². The number of carbonyl (C=O) groups excluding carboxylic acids is 1. The minimum atomic E-state index is -0.253. The largest absolute Gasteiger partial charge is 0.349 e. The van der Waals surface area contributed by atoms with E-state index < -0.39 is 0 Å². The second-order valence-electron chi connectivity index (χ2n) is 4.53. The first-order chi connectivity index (χ1) is 9.16. The summed E-state index contributed by atoms with van der Waals surface area (Å²) >= 11 is 1.64. The van der Waals surface area contributed by atoms with Gasteiger partial charge >= 0.3 is 0 Å². The first kappa shape index (κ1) is 13.8. The van der Waals surface area contributed by atoms with Crippen molar-refractivity contribution in [3.8, 4) is 0 Å². The molecule has 1 amide bonds. The molecule has 1 aromatic heterocycles. The molecular weight excluding hydrogens is 256 g/mol. The molecule has 0 fully saturated rings. The molecule has 1 aromatic carbocycles. The molecule has 0 saturated heterocycles. The Kier molecular flexibility index (Phi) is 4.71. The van der Waals surface area contributed by atoms with Gasteiger partial charge in [0.1, 0.15) is 0 Å². The summed E-state index contributed by atoms with van der Waals surface area (Å²) in [6, 6.07) is 13.5. The van der Waals surface area contributed by atoms with Crippen LogP contribution in [0.3, 0.4) is 0 Å². The molecule has 19 heavy (non-hydrogen) atoms. The fourth-order valence-corrected chi connectivity index (χ4v) is 2.66. The number of thiophene rings is 1. The van der Waals surface area contributed by atoms with Gasteiger partial charge in [0.05, 0.1) is 6.04 Å². The van der Waals surface area contributed by atoms with Crippen molar-refractivity contribution < 1.29 is 4.79 Å². The summed E-state index contributed by atoms with van der Waals surface area (Å²) in [6.45, 7) is 1.98. The van der Waals surface area contributed by atoms with E-state index in [4.69, 9.17) is 5.73 Å². The molecule has 0 aliphatic rings. The lowest BCUT2D eigenvalue weighted by molar-refractivity contribution is -0.122. The van der Waals surface area contributed by atoms with E-state index in [1.807, 2.05) is 54.8 Å². The fraction of sp³-hybridized carbons (Fsp3) is 0.267. The number of hydrogen-bond donors (Lipinski definition) is 2. The second-order valence-corrected chi connectivity index (χ2v) is 5.51.